The van der Waals surface area contributed by atoms with E-state index in [-0.39, 0.29) is 48.6 Å². The number of nitrogens with two attached hydrogens (primary N) is 1. The van der Waals surface area contributed by atoms with E-state index in [1.807, 2.05) is 12.1 Å². The van der Waals surface area contributed by atoms with Crippen LogP contribution in [0.3, 0.4) is 0 Å². The molecule has 4 atom stereocenters. The van der Waals surface area contributed by atoms with Crippen LogP contribution in [0, 0.1) is 11.8 Å². The first-order valence-electron chi connectivity index (χ1n) is 16.9. The maximum atomic E-state index is 13.3. The molecular weight excluding hydrogens is 620 g/mol. The summed E-state index contributed by atoms with van der Waals surface area (Å²) in [5, 5.41) is 26.9. The molecule has 0 spiro atoms. The molecule has 0 saturated carbocycles. The number of methoxy groups -OCH3 is 2. The number of cyclic esters (lactones) is 1. The minimum atomic E-state index is -0.615. The molecule has 48 heavy (non-hydrogen) atoms. The van der Waals surface area contributed by atoms with E-state index in [1.54, 1.807) is 12.1 Å². The van der Waals surface area contributed by atoms with E-state index in [4.69, 9.17) is 29.4 Å². The van der Waals surface area contributed by atoms with Crippen molar-refractivity contribution in [2.24, 2.45) is 17.6 Å². The SMILES string of the molecule is COc1cc(C2c3cc4c(cc3[C@@H](NC(=O)NCCNCCCNCCCCNCCCN)C3COC(=O)[C@H]23)OCO4)cc(OC)c1O. The maximum Gasteiger partial charge on any atom is 0.315 e. The lowest BCUT2D eigenvalue weighted by atomic mass is 9.65. The van der Waals surface area contributed by atoms with Crippen LogP contribution in [-0.2, 0) is 9.53 Å². The number of benzene rings is 2. The lowest BCUT2D eigenvalue weighted by Crippen LogP contribution is -2.47. The number of unbranched alkanes of at least 4 members (excludes halogenated alkanes) is 1. The van der Waals surface area contributed by atoms with Gasteiger partial charge in [-0.25, -0.2) is 4.79 Å². The van der Waals surface area contributed by atoms with Crippen LogP contribution in [0.15, 0.2) is 24.3 Å². The Hall–Kier alpha value is -3.98. The van der Waals surface area contributed by atoms with Gasteiger partial charge in [0, 0.05) is 24.9 Å². The average molecular weight is 671 g/mol. The predicted octanol–water partition coefficient (Wildman–Crippen LogP) is 1.70. The molecule has 14 heteroatoms. The zero-order chi connectivity index (χ0) is 33.9. The second kappa shape index (κ2) is 17.4. The van der Waals surface area contributed by atoms with E-state index in [0.717, 1.165) is 76.1 Å². The molecule has 2 amide bonds. The van der Waals surface area contributed by atoms with Crippen molar-refractivity contribution in [3.63, 3.8) is 0 Å². The average Bonchev–Trinajstić information content (AvgIpc) is 3.72. The molecule has 2 unspecified atom stereocenters. The number of fused-ring (bicyclic) bond motifs is 3. The summed E-state index contributed by atoms with van der Waals surface area (Å²) in [5.74, 6) is -0.390. The summed E-state index contributed by atoms with van der Waals surface area (Å²) < 4.78 is 27.9. The number of ether oxygens (including phenoxy) is 5. The normalized spacial score (nSPS) is 20.5. The van der Waals surface area contributed by atoms with Crippen molar-refractivity contribution in [2.75, 3.05) is 80.0 Å². The number of aromatic hydroxyl groups is 1. The molecule has 264 valence electrons. The Balaban J connectivity index is 1.17. The zero-order valence-corrected chi connectivity index (χ0v) is 27.9. The number of esters is 1. The molecule has 8 N–H and O–H groups in total. The summed E-state index contributed by atoms with van der Waals surface area (Å²) in [6, 6.07) is 6.28. The fraction of sp³-hybridized carbons (Fsp3) is 0.588. The predicted molar refractivity (Wildman–Crippen MR) is 179 cm³/mol. The third-order valence-corrected chi connectivity index (χ3v) is 9.14. The van der Waals surface area contributed by atoms with Crippen LogP contribution in [-0.4, -0.2) is 97.1 Å². The van der Waals surface area contributed by atoms with Gasteiger partial charge in [-0.15, -0.1) is 0 Å². The van der Waals surface area contributed by atoms with E-state index in [1.165, 1.54) is 14.2 Å². The number of urea groups is 1. The van der Waals surface area contributed by atoms with E-state index in [9.17, 15) is 14.7 Å². The fourth-order valence-corrected chi connectivity index (χ4v) is 6.74. The van der Waals surface area contributed by atoms with Gasteiger partial charge in [-0.2, -0.15) is 0 Å². The molecule has 1 aliphatic carbocycles. The molecule has 0 aromatic heterocycles. The van der Waals surface area contributed by atoms with Gasteiger partial charge in [0.1, 0.15) is 0 Å². The van der Waals surface area contributed by atoms with Crippen LogP contribution in [0.25, 0.3) is 0 Å². The largest absolute Gasteiger partial charge is 0.502 e. The van der Waals surface area contributed by atoms with E-state index >= 15 is 0 Å². The third kappa shape index (κ3) is 8.35. The van der Waals surface area contributed by atoms with Gasteiger partial charge in [-0.3, -0.25) is 4.79 Å². The van der Waals surface area contributed by atoms with E-state index in [2.05, 4.69) is 26.6 Å². The lowest BCUT2D eigenvalue weighted by Gasteiger charge is -2.39. The zero-order valence-electron chi connectivity index (χ0n) is 27.9. The van der Waals surface area contributed by atoms with Crippen molar-refractivity contribution in [1.82, 2.24) is 26.6 Å². The summed E-state index contributed by atoms with van der Waals surface area (Å²) in [4.78, 5) is 26.5. The molecule has 2 heterocycles. The van der Waals surface area contributed by atoms with Crippen LogP contribution in [0.1, 0.15) is 54.3 Å². The van der Waals surface area contributed by atoms with Crippen LogP contribution in [0.4, 0.5) is 4.79 Å². The first-order chi connectivity index (χ1) is 23.5. The Morgan fingerprint density at radius 1 is 0.833 bits per heavy atom. The van der Waals surface area contributed by atoms with Crippen molar-refractivity contribution in [3.05, 3.63) is 41.0 Å². The summed E-state index contributed by atoms with van der Waals surface area (Å²) in [6.07, 6.45) is 4.30. The number of hydrogen-bond acceptors (Lipinski definition) is 12. The second-order valence-corrected chi connectivity index (χ2v) is 12.2. The van der Waals surface area contributed by atoms with Crippen molar-refractivity contribution in [3.8, 4) is 28.7 Å². The van der Waals surface area contributed by atoms with E-state index < -0.39 is 17.9 Å². The minimum absolute atomic E-state index is 0.0774. The monoisotopic (exact) mass is 670 g/mol. The maximum absolute atomic E-state index is 13.3. The molecule has 2 aliphatic heterocycles. The number of carbonyl (C=O) groups is 2. The van der Waals surface area contributed by atoms with Crippen LogP contribution < -0.4 is 51.3 Å². The Bertz CT molecular complexity index is 1370. The molecule has 2 aromatic carbocycles. The molecule has 1 fully saturated rings. The number of nitrogens with one attached hydrogen (secondary N) is 5. The summed E-state index contributed by atoms with van der Waals surface area (Å²) in [5.41, 5.74) is 7.79. The molecule has 3 aliphatic rings. The molecule has 0 bridgehead atoms. The van der Waals surface area contributed by atoms with Crippen molar-refractivity contribution in [1.29, 1.82) is 0 Å². The highest BCUT2D eigenvalue weighted by Crippen LogP contribution is 2.55. The highest BCUT2D eigenvalue weighted by atomic mass is 16.7. The Morgan fingerprint density at radius 2 is 1.44 bits per heavy atom. The Kier molecular flexibility index (Phi) is 12.8. The summed E-state index contributed by atoms with van der Waals surface area (Å²) >= 11 is 0. The molecule has 1 saturated heterocycles. The number of carbonyl (C=O) groups excluding carboxylic acids is 2. The number of phenolic OH excluding ortho intramolecular Hbond substituents is 1. The molecule has 0 radical (unpaired) electrons. The van der Waals surface area contributed by atoms with Gasteiger partial charge in [0.25, 0.3) is 0 Å². The highest BCUT2D eigenvalue weighted by Gasteiger charge is 2.53. The van der Waals surface area contributed by atoms with Crippen molar-refractivity contribution >= 4 is 12.0 Å². The van der Waals surface area contributed by atoms with Crippen LogP contribution in [0.2, 0.25) is 0 Å². The van der Waals surface area contributed by atoms with Crippen LogP contribution in [0.5, 0.6) is 28.7 Å². The summed E-state index contributed by atoms with van der Waals surface area (Å²) in [7, 11) is 2.91. The van der Waals surface area contributed by atoms with E-state index in [0.29, 0.717) is 30.2 Å². The topological polar surface area (TPSA) is 187 Å². The van der Waals surface area contributed by atoms with Crippen LogP contribution >= 0.6 is 0 Å². The Labute approximate surface area is 281 Å². The van der Waals surface area contributed by atoms with Gasteiger partial charge < -0.3 is 61.1 Å². The lowest BCUT2D eigenvalue weighted by molar-refractivity contribution is -0.141. The number of phenols is 1. The standard InChI is InChI=1S/C34H50N6O8/c1-44-27-15-21(16-28(45-2)32(27)41)29-22-17-25-26(48-20-47-25)18-23(22)31(24-19-46-33(42)30(24)29)40-34(43)39-14-13-38-12-6-11-37-9-4-3-8-36-10-5-7-35/h15-18,24,29-31,36-38,41H,3-14,19-20,35H2,1-2H3,(H2,39,40,43)/t24?,29?,30-,31+/m0/s1. The number of amides is 2. The molecular formula is C34H50N6O8. The smallest absolute Gasteiger partial charge is 0.315 e. The van der Waals surface area contributed by atoms with Crippen molar-refractivity contribution < 1.29 is 38.4 Å². The van der Waals surface area contributed by atoms with Gasteiger partial charge >= 0.3 is 12.0 Å². The molecule has 14 nitrogen and oxygen atoms in total. The minimum Gasteiger partial charge on any atom is -0.502 e. The van der Waals surface area contributed by atoms with Crippen molar-refractivity contribution in [2.45, 2.75) is 37.6 Å². The van der Waals surface area contributed by atoms with Gasteiger partial charge in [0.2, 0.25) is 12.5 Å². The first kappa shape index (κ1) is 35.3. The third-order valence-electron chi connectivity index (χ3n) is 9.14. The van der Waals surface area contributed by atoms with Gasteiger partial charge in [0.05, 0.1) is 32.8 Å². The Morgan fingerprint density at radius 3 is 2.08 bits per heavy atom. The summed E-state index contributed by atoms with van der Waals surface area (Å²) in [6.45, 7) is 6.82. The highest BCUT2D eigenvalue weighted by molar-refractivity contribution is 5.80. The quantitative estimate of drug-likeness (QED) is 0.0849. The van der Waals surface area contributed by atoms with Gasteiger partial charge in [-0.1, -0.05) is 0 Å². The second-order valence-electron chi connectivity index (χ2n) is 12.2. The first-order valence-corrected chi connectivity index (χ1v) is 16.9. The fourth-order valence-electron chi connectivity index (χ4n) is 6.74. The van der Waals surface area contributed by atoms with Gasteiger partial charge in [0.15, 0.2) is 23.0 Å². The number of hydrogen-bond donors (Lipinski definition) is 7. The molecule has 2 aromatic rings. The molecule has 5 rings (SSSR count). The number of rotatable bonds is 19. The van der Waals surface area contributed by atoms with Gasteiger partial charge in [-0.05, 0) is 106 Å².